The van der Waals surface area contributed by atoms with Gasteiger partial charge < -0.3 is 14.7 Å². The van der Waals surface area contributed by atoms with Gasteiger partial charge in [0.1, 0.15) is 11.4 Å². The van der Waals surface area contributed by atoms with E-state index in [2.05, 4.69) is 11.8 Å². The summed E-state index contributed by atoms with van der Waals surface area (Å²) in [5.74, 6) is 0.876. The van der Waals surface area contributed by atoms with Crippen molar-refractivity contribution in [3.8, 4) is 5.75 Å². The Bertz CT molecular complexity index is 424. The maximum Gasteiger partial charge on any atom is 0.125 e. The van der Waals surface area contributed by atoms with Crippen molar-refractivity contribution in [2.24, 2.45) is 0 Å². The van der Waals surface area contributed by atoms with Crippen molar-refractivity contribution in [1.29, 1.82) is 0 Å². The summed E-state index contributed by atoms with van der Waals surface area (Å²) in [6, 6.07) is 7.88. The highest BCUT2D eigenvalue weighted by molar-refractivity contribution is 5.38. The molecular weight excluding hydrogens is 226 g/mol. The Morgan fingerprint density at radius 1 is 1.33 bits per heavy atom. The summed E-state index contributed by atoms with van der Waals surface area (Å²) in [6.07, 6.45) is 2.41. The molecule has 1 N–H and O–H groups in total. The Morgan fingerprint density at radius 2 is 2.06 bits per heavy atom. The van der Waals surface area contributed by atoms with E-state index < -0.39 is 0 Å². The largest absolute Gasteiger partial charge is 0.487 e. The van der Waals surface area contributed by atoms with Crippen molar-refractivity contribution >= 4 is 0 Å². The number of fused-ring (bicyclic) bond motifs is 1. The summed E-state index contributed by atoms with van der Waals surface area (Å²) >= 11 is 0. The Balaban J connectivity index is 1.81. The predicted octanol–water partition coefficient (Wildman–Crippen LogP) is 2.36. The van der Waals surface area contributed by atoms with Crippen molar-refractivity contribution in [2.75, 3.05) is 19.6 Å². The molecule has 0 amide bonds. The fourth-order valence-corrected chi connectivity index (χ4v) is 3.17. The van der Waals surface area contributed by atoms with Gasteiger partial charge in [-0.3, -0.25) is 0 Å². The quantitative estimate of drug-likeness (QED) is 0.827. The second-order valence-corrected chi connectivity index (χ2v) is 5.48. The van der Waals surface area contributed by atoms with Gasteiger partial charge in [0, 0.05) is 25.1 Å². The summed E-state index contributed by atoms with van der Waals surface area (Å²) < 4.78 is 6.24. The molecule has 3 rings (SSSR count). The van der Waals surface area contributed by atoms with Gasteiger partial charge in [0.2, 0.25) is 0 Å². The first-order chi connectivity index (χ1) is 8.72. The lowest BCUT2D eigenvalue weighted by Gasteiger charge is -2.45. The van der Waals surface area contributed by atoms with E-state index >= 15 is 0 Å². The van der Waals surface area contributed by atoms with Gasteiger partial charge in [-0.05, 0) is 25.5 Å². The molecule has 1 spiro atoms. The smallest absolute Gasteiger partial charge is 0.125 e. The van der Waals surface area contributed by atoms with Gasteiger partial charge >= 0.3 is 0 Å². The highest BCUT2D eigenvalue weighted by Gasteiger charge is 2.42. The van der Waals surface area contributed by atoms with E-state index in [1.807, 2.05) is 24.3 Å². The molecular formula is C15H21NO2. The SMILES string of the molecule is CCN1CCC2(CC1)C[C@H](O)c1ccccc1O2. The van der Waals surface area contributed by atoms with Crippen molar-refractivity contribution in [3.63, 3.8) is 0 Å². The van der Waals surface area contributed by atoms with Crippen molar-refractivity contribution in [3.05, 3.63) is 29.8 Å². The fraction of sp³-hybridized carbons (Fsp3) is 0.600. The molecule has 3 heteroatoms. The third kappa shape index (κ3) is 2.02. The van der Waals surface area contributed by atoms with Crippen LogP contribution in [0.4, 0.5) is 0 Å². The molecule has 0 bridgehead atoms. The monoisotopic (exact) mass is 247 g/mol. The molecule has 0 saturated carbocycles. The van der Waals surface area contributed by atoms with Crippen LogP contribution in [0, 0.1) is 0 Å². The number of ether oxygens (including phenoxy) is 1. The molecule has 1 fully saturated rings. The highest BCUT2D eigenvalue weighted by atomic mass is 16.5. The Morgan fingerprint density at radius 3 is 2.78 bits per heavy atom. The lowest BCUT2D eigenvalue weighted by atomic mass is 9.82. The minimum atomic E-state index is -0.372. The summed E-state index contributed by atoms with van der Waals surface area (Å²) in [5.41, 5.74) is 0.806. The molecule has 1 atom stereocenters. The van der Waals surface area contributed by atoms with Crippen LogP contribution in [0.3, 0.4) is 0 Å². The van der Waals surface area contributed by atoms with E-state index in [1.54, 1.807) is 0 Å². The van der Waals surface area contributed by atoms with Gasteiger partial charge in [0.15, 0.2) is 0 Å². The van der Waals surface area contributed by atoms with Gasteiger partial charge in [-0.1, -0.05) is 25.1 Å². The zero-order chi connectivity index (χ0) is 12.6. The first-order valence-electron chi connectivity index (χ1n) is 6.91. The van der Waals surface area contributed by atoms with Crippen LogP contribution in [0.1, 0.15) is 37.9 Å². The maximum atomic E-state index is 10.3. The second-order valence-electron chi connectivity index (χ2n) is 5.48. The van der Waals surface area contributed by atoms with E-state index in [9.17, 15) is 5.11 Å². The van der Waals surface area contributed by atoms with E-state index in [0.29, 0.717) is 0 Å². The molecule has 18 heavy (non-hydrogen) atoms. The van der Waals surface area contributed by atoms with Crippen molar-refractivity contribution in [2.45, 2.75) is 37.9 Å². The summed E-state index contributed by atoms with van der Waals surface area (Å²) in [4.78, 5) is 2.45. The van der Waals surface area contributed by atoms with Crippen LogP contribution >= 0.6 is 0 Å². The van der Waals surface area contributed by atoms with Gasteiger partial charge in [0.25, 0.3) is 0 Å². The van der Waals surface area contributed by atoms with Crippen molar-refractivity contribution < 1.29 is 9.84 Å². The van der Waals surface area contributed by atoms with Gasteiger partial charge in [-0.15, -0.1) is 0 Å². The third-order valence-corrected chi connectivity index (χ3v) is 4.38. The van der Waals surface area contributed by atoms with Gasteiger partial charge in [-0.25, -0.2) is 0 Å². The van der Waals surface area contributed by atoms with Crippen LogP contribution in [-0.2, 0) is 0 Å². The van der Waals surface area contributed by atoms with Crippen LogP contribution in [0.15, 0.2) is 24.3 Å². The van der Waals surface area contributed by atoms with Crippen LogP contribution in [-0.4, -0.2) is 35.2 Å². The van der Waals surface area contributed by atoms with E-state index in [-0.39, 0.29) is 11.7 Å². The number of hydrogen-bond donors (Lipinski definition) is 1. The lowest BCUT2D eigenvalue weighted by molar-refractivity contribution is -0.0531. The molecule has 0 aliphatic carbocycles. The zero-order valence-corrected chi connectivity index (χ0v) is 10.9. The van der Waals surface area contributed by atoms with E-state index in [4.69, 9.17) is 4.74 Å². The number of piperidine rings is 1. The molecule has 98 valence electrons. The predicted molar refractivity (Wildman–Crippen MR) is 70.7 cm³/mol. The second kappa shape index (κ2) is 4.56. The molecule has 2 heterocycles. The number of aliphatic hydroxyl groups excluding tert-OH is 1. The zero-order valence-electron chi connectivity index (χ0n) is 10.9. The molecule has 2 aliphatic rings. The standard InChI is InChI=1S/C15H21NO2/c1-2-16-9-7-15(8-10-16)11-13(17)12-5-3-4-6-14(12)18-15/h3-6,13,17H,2,7-11H2,1H3/t13-/m0/s1. The van der Waals surface area contributed by atoms with Crippen LogP contribution < -0.4 is 4.74 Å². The number of likely N-dealkylation sites (tertiary alicyclic amines) is 1. The van der Waals surface area contributed by atoms with E-state index in [0.717, 1.165) is 50.2 Å². The maximum absolute atomic E-state index is 10.3. The number of nitrogens with zero attached hydrogens (tertiary/aromatic N) is 1. The minimum absolute atomic E-state index is 0.139. The number of hydrogen-bond acceptors (Lipinski definition) is 3. The molecule has 0 radical (unpaired) electrons. The number of para-hydroxylation sites is 1. The Labute approximate surface area is 108 Å². The third-order valence-electron chi connectivity index (χ3n) is 4.38. The van der Waals surface area contributed by atoms with E-state index in [1.165, 1.54) is 0 Å². The van der Waals surface area contributed by atoms with Crippen LogP contribution in [0.2, 0.25) is 0 Å². The Kier molecular flexibility index (Phi) is 3.04. The molecule has 1 aromatic rings. The lowest BCUT2D eigenvalue weighted by Crippen LogP contribution is -2.50. The first-order valence-corrected chi connectivity index (χ1v) is 6.91. The fourth-order valence-electron chi connectivity index (χ4n) is 3.17. The normalized spacial score (nSPS) is 26.7. The first kappa shape index (κ1) is 12.0. The molecule has 1 aromatic carbocycles. The average molecular weight is 247 g/mol. The van der Waals surface area contributed by atoms with Crippen LogP contribution in [0.5, 0.6) is 5.75 Å². The van der Waals surface area contributed by atoms with Gasteiger partial charge in [0.05, 0.1) is 6.10 Å². The molecule has 1 saturated heterocycles. The minimum Gasteiger partial charge on any atom is -0.487 e. The van der Waals surface area contributed by atoms with Crippen LogP contribution in [0.25, 0.3) is 0 Å². The molecule has 2 aliphatic heterocycles. The number of rotatable bonds is 1. The summed E-state index contributed by atoms with van der Waals surface area (Å²) in [7, 11) is 0. The highest BCUT2D eigenvalue weighted by Crippen LogP contribution is 2.43. The number of benzene rings is 1. The molecule has 3 nitrogen and oxygen atoms in total. The summed E-state index contributed by atoms with van der Waals surface area (Å²) in [6.45, 7) is 5.45. The Hall–Kier alpha value is -1.06. The number of aliphatic hydroxyl groups is 1. The molecule has 0 unspecified atom stereocenters. The topological polar surface area (TPSA) is 32.7 Å². The summed E-state index contributed by atoms with van der Waals surface area (Å²) in [5, 5.41) is 10.3. The van der Waals surface area contributed by atoms with Gasteiger partial charge in [-0.2, -0.15) is 0 Å². The average Bonchev–Trinajstić information content (AvgIpc) is 2.40. The van der Waals surface area contributed by atoms with Crippen molar-refractivity contribution in [1.82, 2.24) is 4.90 Å². The molecule has 0 aromatic heterocycles.